The maximum absolute atomic E-state index is 8.43. The van der Waals surface area contributed by atoms with E-state index in [2.05, 4.69) is 28.5 Å². The quantitative estimate of drug-likeness (QED) is 0.516. The van der Waals surface area contributed by atoms with E-state index in [4.69, 9.17) is 20.4 Å². The zero-order chi connectivity index (χ0) is 14.5. The molecule has 0 unspecified atom stereocenters. The van der Waals surface area contributed by atoms with Crippen molar-refractivity contribution in [2.24, 2.45) is 10.8 Å². The van der Waals surface area contributed by atoms with Gasteiger partial charge in [0.15, 0.2) is 0 Å². The molecule has 0 amide bonds. The third-order valence-corrected chi connectivity index (χ3v) is 1.71. The Kier molecular flexibility index (Phi) is 18.9. The van der Waals surface area contributed by atoms with Crippen molar-refractivity contribution in [1.29, 1.82) is 0 Å². The molecule has 0 heterocycles. The van der Waals surface area contributed by atoms with Crippen LogP contribution < -0.4 is 0 Å². The minimum atomic E-state index is -0.306. The summed E-state index contributed by atoms with van der Waals surface area (Å²) < 4.78 is 0. The van der Waals surface area contributed by atoms with Crippen LogP contribution in [0.2, 0.25) is 0 Å². The Morgan fingerprint density at radius 2 is 0.824 bits per heavy atom. The van der Waals surface area contributed by atoms with Gasteiger partial charge in [-0.15, -0.1) is 0 Å². The molecule has 0 spiro atoms. The van der Waals surface area contributed by atoms with E-state index >= 15 is 0 Å². The number of hydrogen-bond donors (Lipinski definition) is 4. The molecule has 0 aliphatic carbocycles. The SMILES string of the molecule is CC(C)(CO)CO.CC(C)(CO)CO.[Br][Ni][Br]. The van der Waals surface area contributed by atoms with Crippen molar-refractivity contribution in [2.45, 2.75) is 27.7 Å². The first-order chi connectivity index (χ1) is 7.66. The van der Waals surface area contributed by atoms with Crippen LogP contribution in [0.15, 0.2) is 0 Å². The van der Waals surface area contributed by atoms with Crippen LogP contribution in [0.5, 0.6) is 0 Å². The van der Waals surface area contributed by atoms with Crippen LogP contribution in [-0.4, -0.2) is 46.9 Å². The molecule has 0 aliphatic rings. The van der Waals surface area contributed by atoms with E-state index in [9.17, 15) is 0 Å². The Labute approximate surface area is 124 Å². The molecule has 0 bridgehead atoms. The summed E-state index contributed by atoms with van der Waals surface area (Å²) in [7, 11) is 1.25. The van der Waals surface area contributed by atoms with Crippen LogP contribution >= 0.6 is 28.5 Å². The molecule has 0 saturated carbocycles. The molecule has 0 saturated heterocycles. The molecule has 0 aliphatic heterocycles. The van der Waals surface area contributed by atoms with E-state index in [1.807, 2.05) is 0 Å². The van der Waals surface area contributed by atoms with Gasteiger partial charge in [-0.2, -0.15) is 0 Å². The molecule has 0 radical (unpaired) electrons. The Hall–Kier alpha value is 1.29. The van der Waals surface area contributed by atoms with Crippen LogP contribution in [-0.2, 0) is 10.9 Å². The third-order valence-electron chi connectivity index (χ3n) is 1.71. The molecule has 0 aromatic rings. The van der Waals surface area contributed by atoms with Gasteiger partial charge in [0, 0.05) is 10.8 Å². The molecule has 0 rings (SSSR count). The molecule has 0 aromatic heterocycles. The Balaban J connectivity index is -0.000000188. The molecule has 7 heteroatoms. The number of hydrogen-bond acceptors (Lipinski definition) is 4. The second kappa shape index (κ2) is 13.7. The molecule has 0 atom stereocenters. The zero-order valence-electron chi connectivity index (χ0n) is 10.7. The van der Waals surface area contributed by atoms with Gasteiger partial charge in [0.2, 0.25) is 0 Å². The number of halogens is 2. The molecular weight excluding hydrogens is 403 g/mol. The van der Waals surface area contributed by atoms with Crippen molar-refractivity contribution in [3.63, 3.8) is 0 Å². The minimum absolute atomic E-state index is 0.0451. The van der Waals surface area contributed by atoms with Gasteiger partial charge in [0.05, 0.1) is 26.4 Å². The summed E-state index contributed by atoms with van der Waals surface area (Å²) in [5.41, 5.74) is -0.611. The van der Waals surface area contributed by atoms with Gasteiger partial charge in [0.1, 0.15) is 0 Å². The Morgan fingerprint density at radius 3 is 0.824 bits per heavy atom. The van der Waals surface area contributed by atoms with Gasteiger partial charge in [0.25, 0.3) is 0 Å². The summed E-state index contributed by atoms with van der Waals surface area (Å²) in [6.07, 6.45) is 0. The van der Waals surface area contributed by atoms with Crippen molar-refractivity contribution >= 4 is 28.5 Å². The Morgan fingerprint density at radius 1 is 0.706 bits per heavy atom. The number of aliphatic hydroxyl groups excluding tert-OH is 4. The fourth-order valence-electron chi connectivity index (χ4n) is 0.1000. The molecule has 17 heavy (non-hydrogen) atoms. The van der Waals surface area contributed by atoms with Crippen molar-refractivity contribution in [2.75, 3.05) is 26.4 Å². The summed E-state index contributed by atoms with van der Waals surface area (Å²) in [4.78, 5) is 0. The van der Waals surface area contributed by atoms with Crippen LogP contribution in [0.25, 0.3) is 0 Å². The second-order valence-corrected chi connectivity index (χ2v) is 9.99. The third kappa shape index (κ3) is 22.9. The zero-order valence-corrected chi connectivity index (χ0v) is 14.8. The standard InChI is InChI=1S/2C5H12O2.2BrH.Ni/c2*1-5(2,3-6)4-7;;;/h2*6-7H,3-4H2,1-2H3;2*1H;/q;;;;+2/p-2. The molecule has 4 N–H and O–H groups in total. The number of rotatable bonds is 4. The summed E-state index contributed by atoms with van der Waals surface area (Å²) in [5, 5.41) is 33.7. The predicted molar refractivity (Wildman–Crippen MR) is 73.8 cm³/mol. The fourth-order valence-corrected chi connectivity index (χ4v) is 0.1000. The normalized spacial score (nSPS) is 11.2. The topological polar surface area (TPSA) is 80.9 Å². The van der Waals surface area contributed by atoms with Crippen LogP contribution in [0.1, 0.15) is 27.7 Å². The maximum atomic E-state index is 8.43. The first kappa shape index (κ1) is 23.4. The van der Waals surface area contributed by atoms with Crippen molar-refractivity contribution < 1.29 is 31.3 Å². The monoisotopic (exact) mass is 424 g/mol. The first-order valence-corrected chi connectivity index (χ1v) is 9.80. The van der Waals surface area contributed by atoms with E-state index in [1.165, 1.54) is 10.9 Å². The van der Waals surface area contributed by atoms with E-state index in [-0.39, 0.29) is 37.3 Å². The van der Waals surface area contributed by atoms with Gasteiger partial charge in [-0.05, 0) is 0 Å². The molecule has 0 aromatic carbocycles. The van der Waals surface area contributed by atoms with Crippen molar-refractivity contribution in [3.8, 4) is 0 Å². The summed E-state index contributed by atoms with van der Waals surface area (Å²) >= 11 is 6.00. The molecule has 0 fully saturated rings. The van der Waals surface area contributed by atoms with E-state index < -0.39 is 0 Å². The van der Waals surface area contributed by atoms with Gasteiger partial charge in [-0.25, -0.2) is 0 Å². The van der Waals surface area contributed by atoms with Crippen LogP contribution in [0.4, 0.5) is 0 Å². The second-order valence-electron chi connectivity index (χ2n) is 5.01. The average Bonchev–Trinajstić information content (AvgIpc) is 2.31. The fraction of sp³-hybridized carbons (Fsp3) is 1.00. The van der Waals surface area contributed by atoms with Crippen molar-refractivity contribution in [3.05, 3.63) is 0 Å². The molecular formula is C10H24Br2NiO4. The van der Waals surface area contributed by atoms with E-state index in [0.717, 1.165) is 0 Å². The number of aliphatic hydroxyl groups is 4. The summed E-state index contributed by atoms with van der Waals surface area (Å²) in [6, 6.07) is 0. The summed E-state index contributed by atoms with van der Waals surface area (Å²) in [6.45, 7) is 7.38. The van der Waals surface area contributed by atoms with E-state index in [1.54, 1.807) is 27.7 Å². The Bertz CT molecular complexity index is 129. The van der Waals surface area contributed by atoms with Crippen LogP contribution in [0.3, 0.4) is 0 Å². The predicted octanol–water partition coefficient (Wildman–Crippen LogP) is 1.68. The summed E-state index contributed by atoms with van der Waals surface area (Å²) in [5.74, 6) is 0. The molecule has 4 nitrogen and oxygen atoms in total. The van der Waals surface area contributed by atoms with Gasteiger partial charge in [-0.1, -0.05) is 27.7 Å². The van der Waals surface area contributed by atoms with Gasteiger partial charge < -0.3 is 20.4 Å². The van der Waals surface area contributed by atoms with Crippen LogP contribution in [0, 0.1) is 10.8 Å². The van der Waals surface area contributed by atoms with E-state index in [0.29, 0.717) is 0 Å². The first-order valence-electron chi connectivity index (χ1n) is 4.92. The van der Waals surface area contributed by atoms with Crippen molar-refractivity contribution in [1.82, 2.24) is 0 Å². The van der Waals surface area contributed by atoms with Gasteiger partial charge >= 0.3 is 39.3 Å². The average molecular weight is 427 g/mol. The van der Waals surface area contributed by atoms with Gasteiger partial charge in [-0.3, -0.25) is 0 Å². The molecule has 112 valence electrons.